The molecule has 0 radical (unpaired) electrons. The van der Waals surface area contributed by atoms with Crippen molar-refractivity contribution in [2.24, 2.45) is 0 Å². The molecular formula is C10H14O3. The van der Waals surface area contributed by atoms with Crippen LogP contribution in [0.1, 0.15) is 13.3 Å². The highest BCUT2D eigenvalue weighted by Crippen LogP contribution is 2.12. The van der Waals surface area contributed by atoms with Crippen molar-refractivity contribution in [2.45, 2.75) is 19.4 Å². The van der Waals surface area contributed by atoms with Gasteiger partial charge in [-0.05, 0) is 12.0 Å². The molecule has 1 aliphatic carbocycles. The zero-order chi connectivity index (χ0) is 9.68. The summed E-state index contributed by atoms with van der Waals surface area (Å²) in [6.07, 6.45) is 6.95. The van der Waals surface area contributed by atoms with Gasteiger partial charge in [-0.25, -0.2) is 0 Å². The summed E-state index contributed by atoms with van der Waals surface area (Å²) in [6, 6.07) is 0. The standard InChI is InChI=1S/C10H14O3/c1-8(11)13-7-9-3-5-10(12-2)6-4-9/h3-5,10H,6-7H2,1-2H3/t10-/m1/s1. The van der Waals surface area contributed by atoms with Crippen LogP contribution in [0.4, 0.5) is 0 Å². The molecular weight excluding hydrogens is 168 g/mol. The van der Waals surface area contributed by atoms with E-state index in [0.717, 1.165) is 12.0 Å². The molecule has 0 saturated carbocycles. The molecule has 0 heterocycles. The average Bonchev–Trinajstić information content (AvgIpc) is 2.15. The molecule has 1 rings (SSSR count). The van der Waals surface area contributed by atoms with Crippen LogP contribution in [0, 0.1) is 0 Å². The SMILES string of the molecule is CO[C@@H]1C=CC(COC(C)=O)=CC1. The second kappa shape index (κ2) is 4.82. The van der Waals surface area contributed by atoms with Gasteiger partial charge in [-0.2, -0.15) is 0 Å². The Labute approximate surface area is 78.0 Å². The van der Waals surface area contributed by atoms with Crippen LogP contribution in [-0.4, -0.2) is 25.8 Å². The van der Waals surface area contributed by atoms with Crippen LogP contribution >= 0.6 is 0 Å². The lowest BCUT2D eigenvalue weighted by Gasteiger charge is -2.14. The van der Waals surface area contributed by atoms with Gasteiger partial charge in [0.2, 0.25) is 0 Å². The Morgan fingerprint density at radius 2 is 2.46 bits per heavy atom. The highest BCUT2D eigenvalue weighted by molar-refractivity contribution is 5.66. The lowest BCUT2D eigenvalue weighted by atomic mass is 10.1. The van der Waals surface area contributed by atoms with Crippen LogP contribution in [0.2, 0.25) is 0 Å². The van der Waals surface area contributed by atoms with E-state index in [1.54, 1.807) is 7.11 Å². The second-order valence-corrected chi connectivity index (χ2v) is 2.93. The Kier molecular flexibility index (Phi) is 3.71. The fraction of sp³-hybridized carbons (Fsp3) is 0.500. The van der Waals surface area contributed by atoms with Gasteiger partial charge in [0.05, 0.1) is 6.10 Å². The van der Waals surface area contributed by atoms with Crippen LogP contribution in [0.15, 0.2) is 23.8 Å². The first kappa shape index (κ1) is 9.99. The molecule has 0 fully saturated rings. The van der Waals surface area contributed by atoms with Gasteiger partial charge in [0, 0.05) is 14.0 Å². The predicted molar refractivity (Wildman–Crippen MR) is 49.3 cm³/mol. The number of hydrogen-bond acceptors (Lipinski definition) is 3. The quantitative estimate of drug-likeness (QED) is 0.620. The molecule has 0 spiro atoms. The smallest absolute Gasteiger partial charge is 0.302 e. The summed E-state index contributed by atoms with van der Waals surface area (Å²) in [7, 11) is 1.68. The minimum Gasteiger partial charge on any atom is -0.461 e. The van der Waals surface area contributed by atoms with Crippen molar-refractivity contribution in [1.29, 1.82) is 0 Å². The van der Waals surface area contributed by atoms with Crippen LogP contribution in [0.25, 0.3) is 0 Å². The van der Waals surface area contributed by atoms with Crippen molar-refractivity contribution >= 4 is 5.97 Å². The van der Waals surface area contributed by atoms with Gasteiger partial charge < -0.3 is 9.47 Å². The van der Waals surface area contributed by atoms with E-state index in [9.17, 15) is 4.79 Å². The first-order valence-corrected chi connectivity index (χ1v) is 4.25. The zero-order valence-corrected chi connectivity index (χ0v) is 7.95. The highest BCUT2D eigenvalue weighted by atomic mass is 16.5. The third kappa shape index (κ3) is 3.42. The van der Waals surface area contributed by atoms with Crippen molar-refractivity contribution in [3.05, 3.63) is 23.8 Å². The number of esters is 1. The topological polar surface area (TPSA) is 35.5 Å². The van der Waals surface area contributed by atoms with E-state index in [2.05, 4.69) is 0 Å². The molecule has 1 aliphatic rings. The predicted octanol–water partition coefficient (Wildman–Crippen LogP) is 1.45. The minimum absolute atomic E-state index is 0.168. The summed E-state index contributed by atoms with van der Waals surface area (Å²) < 4.78 is 9.98. The maximum absolute atomic E-state index is 10.5. The van der Waals surface area contributed by atoms with Gasteiger partial charge in [0.25, 0.3) is 0 Å². The number of carbonyl (C=O) groups is 1. The van der Waals surface area contributed by atoms with E-state index in [1.807, 2.05) is 18.2 Å². The van der Waals surface area contributed by atoms with Crippen LogP contribution in [0.3, 0.4) is 0 Å². The van der Waals surface area contributed by atoms with E-state index < -0.39 is 0 Å². The largest absolute Gasteiger partial charge is 0.461 e. The van der Waals surface area contributed by atoms with E-state index in [0.29, 0.717) is 6.61 Å². The molecule has 1 atom stereocenters. The Bertz CT molecular complexity index is 241. The highest BCUT2D eigenvalue weighted by Gasteiger charge is 2.07. The van der Waals surface area contributed by atoms with E-state index in [1.165, 1.54) is 6.92 Å². The van der Waals surface area contributed by atoms with Crippen molar-refractivity contribution < 1.29 is 14.3 Å². The average molecular weight is 182 g/mol. The second-order valence-electron chi connectivity index (χ2n) is 2.93. The molecule has 3 nitrogen and oxygen atoms in total. The number of ether oxygens (including phenoxy) is 2. The van der Waals surface area contributed by atoms with Gasteiger partial charge in [0.1, 0.15) is 6.61 Å². The van der Waals surface area contributed by atoms with Gasteiger partial charge in [-0.15, -0.1) is 0 Å². The van der Waals surface area contributed by atoms with Crippen molar-refractivity contribution in [1.82, 2.24) is 0 Å². The summed E-state index contributed by atoms with van der Waals surface area (Å²) in [4.78, 5) is 10.5. The van der Waals surface area contributed by atoms with Crippen molar-refractivity contribution in [3.63, 3.8) is 0 Å². The zero-order valence-electron chi connectivity index (χ0n) is 7.95. The minimum atomic E-state index is -0.247. The van der Waals surface area contributed by atoms with Gasteiger partial charge in [-0.1, -0.05) is 18.2 Å². The lowest BCUT2D eigenvalue weighted by Crippen LogP contribution is -2.11. The maximum atomic E-state index is 10.5. The number of hydrogen-bond donors (Lipinski definition) is 0. The van der Waals surface area contributed by atoms with Gasteiger partial charge in [0.15, 0.2) is 0 Å². The molecule has 0 saturated heterocycles. The normalized spacial score (nSPS) is 21.1. The Morgan fingerprint density at radius 3 is 2.92 bits per heavy atom. The third-order valence-electron chi connectivity index (χ3n) is 1.88. The first-order chi connectivity index (χ1) is 6.22. The maximum Gasteiger partial charge on any atom is 0.302 e. The molecule has 0 N–H and O–H groups in total. The van der Waals surface area contributed by atoms with E-state index >= 15 is 0 Å². The summed E-state index contributed by atoms with van der Waals surface area (Å²) in [5.41, 5.74) is 1.03. The molecule has 0 aromatic heterocycles. The first-order valence-electron chi connectivity index (χ1n) is 4.25. The van der Waals surface area contributed by atoms with Crippen molar-refractivity contribution in [3.8, 4) is 0 Å². The molecule has 72 valence electrons. The molecule has 0 aliphatic heterocycles. The number of methoxy groups -OCH3 is 1. The summed E-state index contributed by atoms with van der Waals surface area (Å²) >= 11 is 0. The van der Waals surface area contributed by atoms with E-state index in [4.69, 9.17) is 9.47 Å². The molecule has 0 amide bonds. The summed E-state index contributed by atoms with van der Waals surface area (Å²) in [5.74, 6) is -0.247. The summed E-state index contributed by atoms with van der Waals surface area (Å²) in [5, 5.41) is 0. The van der Waals surface area contributed by atoms with Crippen LogP contribution < -0.4 is 0 Å². The molecule has 3 heteroatoms. The molecule has 0 bridgehead atoms. The van der Waals surface area contributed by atoms with Gasteiger partial charge >= 0.3 is 5.97 Å². The van der Waals surface area contributed by atoms with Crippen LogP contribution in [0.5, 0.6) is 0 Å². The van der Waals surface area contributed by atoms with Crippen LogP contribution in [-0.2, 0) is 14.3 Å². The lowest BCUT2D eigenvalue weighted by molar-refractivity contribution is -0.139. The summed E-state index contributed by atoms with van der Waals surface area (Å²) in [6.45, 7) is 1.77. The molecule has 0 aromatic carbocycles. The Hall–Kier alpha value is -1.09. The fourth-order valence-corrected chi connectivity index (χ4v) is 1.11. The van der Waals surface area contributed by atoms with Crippen molar-refractivity contribution in [2.75, 3.05) is 13.7 Å². The van der Waals surface area contributed by atoms with E-state index in [-0.39, 0.29) is 12.1 Å². The monoisotopic (exact) mass is 182 g/mol. The molecule has 13 heavy (non-hydrogen) atoms. The third-order valence-corrected chi connectivity index (χ3v) is 1.88. The number of rotatable bonds is 3. The van der Waals surface area contributed by atoms with Gasteiger partial charge in [-0.3, -0.25) is 4.79 Å². The molecule has 0 unspecified atom stereocenters. The Balaban J connectivity index is 2.34. The fourth-order valence-electron chi connectivity index (χ4n) is 1.11. The Morgan fingerprint density at radius 1 is 1.69 bits per heavy atom. The molecule has 0 aromatic rings. The number of carbonyl (C=O) groups excluding carboxylic acids is 1.